The summed E-state index contributed by atoms with van der Waals surface area (Å²) in [6, 6.07) is -6.59. The number of H-pyrrole nitrogens is 1. The van der Waals surface area contributed by atoms with Gasteiger partial charge in [-0.05, 0) is 6.42 Å². The van der Waals surface area contributed by atoms with Gasteiger partial charge < -0.3 is 47.1 Å². The van der Waals surface area contributed by atoms with E-state index >= 15 is 0 Å². The summed E-state index contributed by atoms with van der Waals surface area (Å²) in [5, 5.41) is 42.3. The molecule has 0 aliphatic carbocycles. The molecule has 4 unspecified atom stereocenters. The number of nitrogens with two attached hydrogens (primary N) is 1. The van der Waals surface area contributed by atoms with Gasteiger partial charge in [0.05, 0.1) is 25.2 Å². The fourth-order valence-corrected chi connectivity index (χ4v) is 2.82. The van der Waals surface area contributed by atoms with Crippen LogP contribution in [0.25, 0.3) is 0 Å². The van der Waals surface area contributed by atoms with E-state index in [-0.39, 0.29) is 12.8 Å². The number of nitrogens with zero attached hydrogens (tertiary/aromatic N) is 1. The van der Waals surface area contributed by atoms with E-state index in [9.17, 15) is 38.7 Å². The maximum absolute atomic E-state index is 12.6. The van der Waals surface area contributed by atoms with E-state index in [1.807, 2.05) is 10.6 Å². The number of carboxylic acid groups (broad SMARTS) is 4. The summed E-state index contributed by atoms with van der Waals surface area (Å²) in [5.74, 6) is -9.32. The topological polar surface area (TPSA) is 291 Å². The lowest BCUT2D eigenvalue weighted by atomic mass is 10.1. The predicted octanol–water partition coefficient (Wildman–Crippen LogP) is -3.37. The molecule has 0 fully saturated rings. The maximum atomic E-state index is 12.6. The number of aromatic amines is 1. The molecule has 17 nitrogen and oxygen atoms in total. The van der Waals surface area contributed by atoms with Crippen LogP contribution in [0.2, 0.25) is 0 Å². The Bertz CT molecular complexity index is 981. The molecule has 17 heteroatoms. The first-order chi connectivity index (χ1) is 16.8. The van der Waals surface area contributed by atoms with Crippen LogP contribution in [-0.2, 0) is 40.0 Å². The van der Waals surface area contributed by atoms with E-state index in [1.165, 1.54) is 12.5 Å². The molecule has 10 N–H and O–H groups in total. The minimum atomic E-state index is -1.84. The number of hydrogen-bond donors (Lipinski definition) is 9. The van der Waals surface area contributed by atoms with Crippen molar-refractivity contribution in [3.8, 4) is 0 Å². The Labute approximate surface area is 202 Å². The van der Waals surface area contributed by atoms with Crippen LogP contribution in [0.4, 0.5) is 0 Å². The SMILES string of the molecule is NC(CCC(=O)O)C(=O)NC(CC(=O)O)C(=O)NC(CC(=O)O)C(=O)NC(Cc1cnc[nH]1)C(=O)O. The van der Waals surface area contributed by atoms with Crippen LogP contribution in [0, 0.1) is 0 Å². The quantitative estimate of drug-likeness (QED) is 0.104. The Morgan fingerprint density at radius 1 is 0.806 bits per heavy atom. The normalized spacial score (nSPS) is 13.9. The van der Waals surface area contributed by atoms with Crippen molar-refractivity contribution in [3.05, 3.63) is 18.2 Å². The summed E-state index contributed by atoms with van der Waals surface area (Å²) in [4.78, 5) is 88.3. The summed E-state index contributed by atoms with van der Waals surface area (Å²) in [7, 11) is 0. The van der Waals surface area contributed by atoms with Crippen molar-refractivity contribution in [2.24, 2.45) is 5.73 Å². The summed E-state index contributed by atoms with van der Waals surface area (Å²) >= 11 is 0. The average Bonchev–Trinajstić information content (AvgIpc) is 3.28. The highest BCUT2D eigenvalue weighted by atomic mass is 16.4. The molecule has 3 amide bonds. The van der Waals surface area contributed by atoms with E-state index in [2.05, 4.69) is 15.3 Å². The van der Waals surface area contributed by atoms with Crippen LogP contribution in [0.15, 0.2) is 12.5 Å². The van der Waals surface area contributed by atoms with Gasteiger partial charge in [0.2, 0.25) is 17.7 Å². The molecule has 1 heterocycles. The smallest absolute Gasteiger partial charge is 0.326 e. The molecule has 198 valence electrons. The average molecular weight is 514 g/mol. The van der Waals surface area contributed by atoms with Gasteiger partial charge in [0, 0.05) is 24.7 Å². The highest BCUT2D eigenvalue weighted by Gasteiger charge is 2.32. The number of carbonyl (C=O) groups is 7. The summed E-state index contributed by atoms with van der Waals surface area (Å²) in [6.07, 6.45) is -0.455. The summed E-state index contributed by atoms with van der Waals surface area (Å²) in [5.41, 5.74) is 5.88. The minimum Gasteiger partial charge on any atom is -0.481 e. The van der Waals surface area contributed by atoms with E-state index in [1.54, 1.807) is 0 Å². The van der Waals surface area contributed by atoms with Crippen LogP contribution in [-0.4, -0.2) is 96.2 Å². The predicted molar refractivity (Wildman–Crippen MR) is 115 cm³/mol. The molecule has 0 aliphatic heterocycles. The fraction of sp³-hybridized carbons (Fsp3) is 0.474. The molecule has 0 radical (unpaired) electrons. The zero-order valence-electron chi connectivity index (χ0n) is 18.7. The number of amides is 3. The van der Waals surface area contributed by atoms with Gasteiger partial charge in [-0.15, -0.1) is 0 Å². The number of hydrogen-bond acceptors (Lipinski definition) is 9. The Kier molecular flexibility index (Phi) is 11.5. The molecule has 0 aromatic carbocycles. The van der Waals surface area contributed by atoms with Crippen molar-refractivity contribution in [1.29, 1.82) is 0 Å². The zero-order valence-corrected chi connectivity index (χ0v) is 18.7. The molecular formula is C19H26N6O11. The van der Waals surface area contributed by atoms with Crippen molar-refractivity contribution in [2.45, 2.75) is 56.3 Å². The summed E-state index contributed by atoms with van der Waals surface area (Å²) < 4.78 is 0. The molecule has 1 rings (SSSR count). The van der Waals surface area contributed by atoms with E-state index in [0.29, 0.717) is 5.69 Å². The first-order valence-electron chi connectivity index (χ1n) is 10.3. The maximum Gasteiger partial charge on any atom is 0.326 e. The fourth-order valence-electron chi connectivity index (χ4n) is 2.82. The number of aliphatic carboxylic acids is 4. The number of carbonyl (C=O) groups excluding carboxylic acids is 3. The second-order valence-electron chi connectivity index (χ2n) is 7.54. The molecule has 0 bridgehead atoms. The molecule has 1 aromatic rings. The standard InChI is InChI=1S/C19H26N6O11/c20-9(1-2-13(26)27)16(32)23-10(4-14(28)29)17(33)24-11(5-15(30)31)18(34)25-12(19(35)36)3-8-6-21-7-22-8/h6-7,9-12H,1-5,20H2,(H,21,22)(H,23,32)(H,24,33)(H,25,34)(H,26,27)(H,28,29)(H,30,31)(H,35,36). The Morgan fingerprint density at radius 3 is 1.72 bits per heavy atom. The second kappa shape index (κ2) is 14.0. The van der Waals surface area contributed by atoms with Gasteiger partial charge in [-0.25, -0.2) is 9.78 Å². The molecular weight excluding hydrogens is 488 g/mol. The third-order valence-corrected chi connectivity index (χ3v) is 4.62. The van der Waals surface area contributed by atoms with Crippen molar-refractivity contribution in [3.63, 3.8) is 0 Å². The lowest BCUT2D eigenvalue weighted by Crippen LogP contribution is -2.58. The van der Waals surface area contributed by atoms with Crippen LogP contribution < -0.4 is 21.7 Å². The molecule has 0 saturated carbocycles. The van der Waals surface area contributed by atoms with Gasteiger partial charge in [-0.3, -0.25) is 28.8 Å². The Balaban J connectivity index is 2.97. The molecule has 4 atom stereocenters. The number of aromatic nitrogens is 2. The monoisotopic (exact) mass is 514 g/mol. The lowest BCUT2D eigenvalue weighted by Gasteiger charge is -2.23. The highest BCUT2D eigenvalue weighted by Crippen LogP contribution is 2.04. The van der Waals surface area contributed by atoms with Crippen molar-refractivity contribution in [2.75, 3.05) is 0 Å². The lowest BCUT2D eigenvalue weighted by molar-refractivity contribution is -0.145. The Hall–Kier alpha value is -4.54. The summed E-state index contributed by atoms with van der Waals surface area (Å²) in [6.45, 7) is 0. The number of imidazole rings is 1. The van der Waals surface area contributed by atoms with E-state index in [0.717, 1.165) is 0 Å². The molecule has 0 aliphatic rings. The second-order valence-corrected chi connectivity index (χ2v) is 7.54. The highest BCUT2D eigenvalue weighted by molar-refractivity contribution is 5.96. The molecule has 1 aromatic heterocycles. The third kappa shape index (κ3) is 10.6. The number of rotatable bonds is 16. The van der Waals surface area contributed by atoms with Gasteiger partial charge in [-0.2, -0.15) is 0 Å². The molecule has 0 saturated heterocycles. The van der Waals surface area contributed by atoms with E-state index in [4.69, 9.17) is 21.1 Å². The van der Waals surface area contributed by atoms with Gasteiger partial charge in [0.25, 0.3) is 0 Å². The number of carboxylic acids is 4. The third-order valence-electron chi connectivity index (χ3n) is 4.62. The van der Waals surface area contributed by atoms with Gasteiger partial charge in [0.15, 0.2) is 0 Å². The van der Waals surface area contributed by atoms with Gasteiger partial charge >= 0.3 is 23.9 Å². The molecule has 36 heavy (non-hydrogen) atoms. The van der Waals surface area contributed by atoms with Crippen molar-refractivity contribution in [1.82, 2.24) is 25.9 Å². The largest absolute Gasteiger partial charge is 0.481 e. The first-order valence-corrected chi connectivity index (χ1v) is 10.3. The van der Waals surface area contributed by atoms with E-state index < -0.39 is 85.0 Å². The van der Waals surface area contributed by atoms with Crippen molar-refractivity contribution < 1.29 is 54.0 Å². The van der Waals surface area contributed by atoms with Crippen LogP contribution in [0.5, 0.6) is 0 Å². The minimum absolute atomic E-state index is 0.249. The van der Waals surface area contributed by atoms with Crippen LogP contribution in [0.1, 0.15) is 31.4 Å². The number of nitrogens with one attached hydrogen (secondary N) is 4. The van der Waals surface area contributed by atoms with Crippen molar-refractivity contribution >= 4 is 41.6 Å². The molecule has 0 spiro atoms. The van der Waals surface area contributed by atoms with Crippen LogP contribution >= 0.6 is 0 Å². The van der Waals surface area contributed by atoms with Crippen LogP contribution in [0.3, 0.4) is 0 Å². The van der Waals surface area contributed by atoms with Gasteiger partial charge in [0.1, 0.15) is 18.1 Å². The first kappa shape index (κ1) is 29.5. The Morgan fingerprint density at radius 2 is 1.31 bits per heavy atom. The van der Waals surface area contributed by atoms with Gasteiger partial charge in [-0.1, -0.05) is 0 Å². The zero-order chi connectivity index (χ0) is 27.4.